The lowest BCUT2D eigenvalue weighted by Gasteiger charge is -2.37. The van der Waals surface area contributed by atoms with Crippen LogP contribution in [0.25, 0.3) is 0 Å². The zero-order valence-electron chi connectivity index (χ0n) is 16.0. The molecule has 5 rings (SSSR count). The summed E-state index contributed by atoms with van der Waals surface area (Å²) in [6, 6.07) is 5.80. The number of piperidine rings is 1. The van der Waals surface area contributed by atoms with Gasteiger partial charge in [-0.15, -0.1) is 0 Å². The lowest BCUT2D eigenvalue weighted by molar-refractivity contribution is -0.137. The number of hydrogen-bond acceptors (Lipinski definition) is 5. The van der Waals surface area contributed by atoms with E-state index in [1.54, 1.807) is 0 Å². The van der Waals surface area contributed by atoms with E-state index in [1.807, 2.05) is 35.0 Å². The standard InChI is InChI=1S/C20H26ClN5O2/c1-25(11-5-6-11)20(28)18-13-10-26(8-7-16(13)23-24-18)19(27)17-9-12-14(21)3-2-4-15(12)22-17/h2-4,11,13,16-18,22-24H,5-10H2,1H3. The number of rotatable bonds is 3. The number of fused-ring (bicyclic) bond motifs is 2. The molecular weight excluding hydrogens is 378 g/mol. The van der Waals surface area contributed by atoms with Crippen LogP contribution in [0, 0.1) is 5.92 Å². The summed E-state index contributed by atoms with van der Waals surface area (Å²) >= 11 is 6.29. The van der Waals surface area contributed by atoms with Crippen LogP contribution in [0.4, 0.5) is 5.69 Å². The molecule has 3 N–H and O–H groups in total. The number of hydrogen-bond donors (Lipinski definition) is 3. The number of anilines is 1. The van der Waals surface area contributed by atoms with Crippen molar-refractivity contribution in [1.82, 2.24) is 20.7 Å². The molecule has 7 nitrogen and oxygen atoms in total. The summed E-state index contributed by atoms with van der Waals surface area (Å²) in [4.78, 5) is 29.9. The van der Waals surface area contributed by atoms with Gasteiger partial charge < -0.3 is 15.1 Å². The monoisotopic (exact) mass is 403 g/mol. The number of carbonyl (C=O) groups is 2. The van der Waals surface area contributed by atoms with E-state index in [1.165, 1.54) is 0 Å². The molecule has 3 fully saturated rings. The van der Waals surface area contributed by atoms with Crippen molar-refractivity contribution in [1.29, 1.82) is 0 Å². The van der Waals surface area contributed by atoms with Gasteiger partial charge in [-0.05, 0) is 37.0 Å². The van der Waals surface area contributed by atoms with Crippen LogP contribution in [0.15, 0.2) is 18.2 Å². The van der Waals surface area contributed by atoms with Crippen molar-refractivity contribution in [2.75, 3.05) is 25.5 Å². The topological polar surface area (TPSA) is 76.7 Å². The third-order valence-corrected chi connectivity index (χ3v) is 7.04. The Morgan fingerprint density at radius 2 is 2.04 bits per heavy atom. The van der Waals surface area contributed by atoms with E-state index in [2.05, 4.69) is 16.2 Å². The fourth-order valence-electron chi connectivity index (χ4n) is 4.82. The van der Waals surface area contributed by atoms with E-state index < -0.39 is 0 Å². The van der Waals surface area contributed by atoms with Gasteiger partial charge in [0, 0.05) is 55.3 Å². The Bertz CT molecular complexity index is 814. The first-order valence-corrected chi connectivity index (χ1v) is 10.5. The van der Waals surface area contributed by atoms with Crippen molar-refractivity contribution >= 4 is 29.1 Å². The third kappa shape index (κ3) is 3.06. The van der Waals surface area contributed by atoms with Gasteiger partial charge in [-0.25, -0.2) is 5.43 Å². The lowest BCUT2D eigenvalue weighted by atomic mass is 9.87. The van der Waals surface area contributed by atoms with E-state index in [0.717, 1.165) is 30.5 Å². The molecule has 0 spiro atoms. The molecule has 1 aromatic rings. The molecule has 8 heteroatoms. The van der Waals surface area contributed by atoms with Gasteiger partial charge in [-0.1, -0.05) is 17.7 Å². The molecule has 3 aliphatic heterocycles. The van der Waals surface area contributed by atoms with Crippen molar-refractivity contribution in [3.8, 4) is 0 Å². The van der Waals surface area contributed by atoms with Crippen molar-refractivity contribution < 1.29 is 9.59 Å². The minimum atomic E-state index is -0.280. The Hall–Kier alpha value is -1.83. The van der Waals surface area contributed by atoms with Crippen molar-refractivity contribution in [3.05, 3.63) is 28.8 Å². The zero-order valence-corrected chi connectivity index (χ0v) is 16.7. The van der Waals surface area contributed by atoms with Crippen molar-refractivity contribution in [2.45, 2.75) is 49.9 Å². The number of hydrazine groups is 1. The normalized spacial score (nSPS) is 31.1. The maximum Gasteiger partial charge on any atom is 0.245 e. The van der Waals surface area contributed by atoms with E-state index in [0.29, 0.717) is 30.6 Å². The molecule has 4 unspecified atom stereocenters. The Labute approximate surface area is 169 Å². The Balaban J connectivity index is 1.27. The largest absolute Gasteiger partial charge is 0.373 e. The molecule has 4 aliphatic rings. The number of likely N-dealkylation sites (N-methyl/N-ethyl adjacent to an activating group) is 1. The predicted octanol–water partition coefficient (Wildman–Crippen LogP) is 0.991. The summed E-state index contributed by atoms with van der Waals surface area (Å²) in [7, 11) is 1.89. The highest BCUT2D eigenvalue weighted by atomic mass is 35.5. The number of nitrogens with zero attached hydrogens (tertiary/aromatic N) is 2. The highest BCUT2D eigenvalue weighted by molar-refractivity contribution is 6.32. The molecule has 3 heterocycles. The highest BCUT2D eigenvalue weighted by Gasteiger charge is 2.47. The molecule has 0 aromatic heterocycles. The molecule has 1 aliphatic carbocycles. The van der Waals surface area contributed by atoms with E-state index >= 15 is 0 Å². The quantitative estimate of drug-likeness (QED) is 0.701. The van der Waals surface area contributed by atoms with E-state index in [-0.39, 0.29) is 35.9 Å². The Morgan fingerprint density at radius 3 is 2.79 bits per heavy atom. The number of carbonyl (C=O) groups excluding carboxylic acids is 2. The average Bonchev–Trinajstić information content (AvgIpc) is 3.31. The van der Waals surface area contributed by atoms with Gasteiger partial charge in [0.2, 0.25) is 11.8 Å². The van der Waals surface area contributed by atoms with Crippen LogP contribution in [-0.2, 0) is 16.0 Å². The second-order valence-electron chi connectivity index (χ2n) is 8.46. The van der Waals surface area contributed by atoms with E-state index in [9.17, 15) is 9.59 Å². The summed E-state index contributed by atoms with van der Waals surface area (Å²) < 4.78 is 0. The Morgan fingerprint density at radius 1 is 1.21 bits per heavy atom. The molecule has 0 bridgehead atoms. The SMILES string of the molecule is CN(C(=O)C1NNC2CCN(C(=O)C3Cc4c(Cl)cccc4N3)CC21)C1CC1. The molecule has 4 atom stereocenters. The first-order chi connectivity index (χ1) is 13.5. The van der Waals surface area contributed by atoms with Crippen molar-refractivity contribution in [2.24, 2.45) is 5.92 Å². The van der Waals surface area contributed by atoms with Crippen molar-refractivity contribution in [3.63, 3.8) is 0 Å². The number of likely N-dealkylation sites (tertiary alicyclic amines) is 1. The van der Waals surface area contributed by atoms with Gasteiger partial charge in [0.1, 0.15) is 12.1 Å². The molecular formula is C20H26ClN5O2. The van der Waals surface area contributed by atoms with Crippen LogP contribution in [0.5, 0.6) is 0 Å². The summed E-state index contributed by atoms with van der Waals surface area (Å²) in [5.41, 5.74) is 8.45. The maximum absolute atomic E-state index is 13.2. The van der Waals surface area contributed by atoms with Crippen LogP contribution < -0.4 is 16.2 Å². The molecule has 150 valence electrons. The minimum absolute atomic E-state index is 0.0961. The number of nitrogens with one attached hydrogen (secondary N) is 3. The van der Waals surface area contributed by atoms with Gasteiger partial charge in [0.15, 0.2) is 0 Å². The second kappa shape index (κ2) is 6.90. The molecule has 2 amide bonds. The first kappa shape index (κ1) is 18.2. The number of amides is 2. The molecule has 28 heavy (non-hydrogen) atoms. The number of halogens is 1. The summed E-state index contributed by atoms with van der Waals surface area (Å²) in [5, 5.41) is 4.03. The van der Waals surface area contributed by atoms with Crippen LogP contribution in [0.1, 0.15) is 24.8 Å². The van der Waals surface area contributed by atoms with Gasteiger partial charge in [-0.2, -0.15) is 0 Å². The minimum Gasteiger partial charge on any atom is -0.373 e. The summed E-state index contributed by atoms with van der Waals surface area (Å²) in [6.45, 7) is 1.30. The van der Waals surface area contributed by atoms with E-state index in [4.69, 9.17) is 11.6 Å². The van der Waals surface area contributed by atoms with Crippen LogP contribution in [-0.4, -0.2) is 65.9 Å². The van der Waals surface area contributed by atoms with Gasteiger partial charge in [-0.3, -0.25) is 15.0 Å². The molecule has 0 radical (unpaired) electrons. The van der Waals surface area contributed by atoms with Crippen LogP contribution in [0.3, 0.4) is 0 Å². The smallest absolute Gasteiger partial charge is 0.245 e. The third-order valence-electron chi connectivity index (χ3n) is 6.69. The van der Waals surface area contributed by atoms with Gasteiger partial charge >= 0.3 is 0 Å². The average molecular weight is 404 g/mol. The second-order valence-corrected chi connectivity index (χ2v) is 8.86. The molecule has 1 saturated carbocycles. The van der Waals surface area contributed by atoms with Gasteiger partial charge in [0.05, 0.1) is 0 Å². The highest BCUT2D eigenvalue weighted by Crippen LogP contribution is 2.34. The van der Waals surface area contributed by atoms with Crippen LogP contribution >= 0.6 is 11.6 Å². The lowest BCUT2D eigenvalue weighted by Crippen LogP contribution is -2.54. The summed E-state index contributed by atoms with van der Waals surface area (Å²) in [6.07, 6.45) is 3.65. The van der Waals surface area contributed by atoms with Crippen LogP contribution in [0.2, 0.25) is 5.02 Å². The Kier molecular flexibility index (Phi) is 4.49. The molecule has 2 saturated heterocycles. The summed E-state index contributed by atoms with van der Waals surface area (Å²) in [5.74, 6) is 0.327. The fourth-order valence-corrected chi connectivity index (χ4v) is 5.07. The predicted molar refractivity (Wildman–Crippen MR) is 107 cm³/mol. The zero-order chi connectivity index (χ0) is 19.4. The first-order valence-electron chi connectivity index (χ1n) is 10.1. The molecule has 1 aromatic carbocycles. The number of benzene rings is 1. The van der Waals surface area contributed by atoms with Gasteiger partial charge in [0.25, 0.3) is 0 Å². The fraction of sp³-hybridized carbons (Fsp3) is 0.600. The maximum atomic E-state index is 13.2.